The van der Waals surface area contributed by atoms with E-state index < -0.39 is 0 Å². The van der Waals surface area contributed by atoms with Crippen molar-refractivity contribution >= 4 is 17.5 Å². The van der Waals surface area contributed by atoms with Crippen LogP contribution in [0.1, 0.15) is 0 Å². The molecule has 1 aromatic rings. The molecule has 0 N–H and O–H groups in total. The van der Waals surface area contributed by atoms with E-state index in [-0.39, 0.29) is 25.0 Å². The smallest absolute Gasteiger partial charge is 0.265 e. The Morgan fingerprint density at radius 1 is 1.19 bits per heavy atom. The predicted octanol–water partition coefficient (Wildman–Crippen LogP) is 0.186. The SMILES string of the molecule is CN1CCN(C(=O)CN2C(=O)COc3ccccc32)CC1. The molecule has 2 aliphatic rings. The van der Waals surface area contributed by atoms with E-state index in [9.17, 15) is 9.59 Å². The second-order valence-corrected chi connectivity index (χ2v) is 5.42. The number of carbonyl (C=O) groups is 2. The van der Waals surface area contributed by atoms with Crippen molar-refractivity contribution < 1.29 is 14.3 Å². The third kappa shape index (κ3) is 2.85. The van der Waals surface area contributed by atoms with E-state index in [1.54, 1.807) is 0 Å². The maximum absolute atomic E-state index is 12.4. The number of ether oxygens (including phenoxy) is 1. The molecule has 2 amide bonds. The van der Waals surface area contributed by atoms with Crippen LogP contribution in [0.4, 0.5) is 5.69 Å². The van der Waals surface area contributed by atoms with Crippen LogP contribution in [0.25, 0.3) is 0 Å². The number of piperazine rings is 1. The van der Waals surface area contributed by atoms with E-state index in [1.807, 2.05) is 36.2 Å². The zero-order valence-electron chi connectivity index (χ0n) is 12.1. The molecule has 112 valence electrons. The molecule has 0 unspecified atom stereocenters. The number of amides is 2. The summed E-state index contributed by atoms with van der Waals surface area (Å²) >= 11 is 0. The average molecular weight is 289 g/mol. The Bertz CT molecular complexity index is 553. The molecule has 0 saturated carbocycles. The van der Waals surface area contributed by atoms with E-state index in [0.717, 1.165) is 26.2 Å². The van der Waals surface area contributed by atoms with Crippen LogP contribution in [0, 0.1) is 0 Å². The average Bonchev–Trinajstić information content (AvgIpc) is 2.51. The number of fused-ring (bicyclic) bond motifs is 1. The van der Waals surface area contributed by atoms with Gasteiger partial charge in [-0.3, -0.25) is 14.5 Å². The van der Waals surface area contributed by atoms with E-state index in [0.29, 0.717) is 11.4 Å². The van der Waals surface area contributed by atoms with Gasteiger partial charge in [-0.25, -0.2) is 0 Å². The lowest BCUT2D eigenvalue weighted by Crippen LogP contribution is -2.52. The Kier molecular flexibility index (Phi) is 3.79. The molecule has 2 aliphatic heterocycles. The zero-order chi connectivity index (χ0) is 14.8. The normalized spacial score (nSPS) is 19.2. The first kappa shape index (κ1) is 13.9. The molecule has 2 heterocycles. The number of nitrogens with zero attached hydrogens (tertiary/aromatic N) is 3. The minimum Gasteiger partial charge on any atom is -0.482 e. The summed E-state index contributed by atoms with van der Waals surface area (Å²) in [6, 6.07) is 7.32. The number of carbonyl (C=O) groups excluding carboxylic acids is 2. The second kappa shape index (κ2) is 5.73. The highest BCUT2D eigenvalue weighted by Crippen LogP contribution is 2.31. The summed E-state index contributed by atoms with van der Waals surface area (Å²) in [5.74, 6) is 0.479. The fourth-order valence-electron chi connectivity index (χ4n) is 2.62. The van der Waals surface area contributed by atoms with Crippen LogP contribution in [-0.4, -0.2) is 68.0 Å². The maximum Gasteiger partial charge on any atom is 0.265 e. The molecule has 1 saturated heterocycles. The molecule has 6 heteroatoms. The van der Waals surface area contributed by atoms with Gasteiger partial charge < -0.3 is 14.5 Å². The van der Waals surface area contributed by atoms with Gasteiger partial charge in [-0.05, 0) is 19.2 Å². The van der Waals surface area contributed by atoms with Crippen LogP contribution in [-0.2, 0) is 9.59 Å². The predicted molar refractivity (Wildman–Crippen MR) is 78.4 cm³/mol. The summed E-state index contributed by atoms with van der Waals surface area (Å²) < 4.78 is 5.38. The Morgan fingerprint density at radius 3 is 2.67 bits per heavy atom. The van der Waals surface area contributed by atoms with Gasteiger partial charge in [-0.15, -0.1) is 0 Å². The summed E-state index contributed by atoms with van der Waals surface area (Å²) in [5.41, 5.74) is 0.677. The molecule has 0 radical (unpaired) electrons. The maximum atomic E-state index is 12.4. The number of anilines is 1. The third-order valence-corrected chi connectivity index (χ3v) is 3.96. The lowest BCUT2D eigenvalue weighted by atomic mass is 10.2. The van der Waals surface area contributed by atoms with Crippen molar-refractivity contribution in [3.63, 3.8) is 0 Å². The number of likely N-dealkylation sites (N-methyl/N-ethyl adjacent to an activating group) is 1. The molecule has 0 spiro atoms. The molecular formula is C15H19N3O3. The van der Waals surface area contributed by atoms with Gasteiger partial charge in [0.15, 0.2) is 6.61 Å². The van der Waals surface area contributed by atoms with Gasteiger partial charge in [-0.2, -0.15) is 0 Å². The van der Waals surface area contributed by atoms with Crippen LogP contribution >= 0.6 is 0 Å². The molecular weight excluding hydrogens is 270 g/mol. The van der Waals surface area contributed by atoms with Gasteiger partial charge in [0.25, 0.3) is 5.91 Å². The number of hydrogen-bond donors (Lipinski definition) is 0. The molecule has 1 fully saturated rings. The van der Waals surface area contributed by atoms with E-state index >= 15 is 0 Å². The van der Waals surface area contributed by atoms with Gasteiger partial charge in [0.1, 0.15) is 12.3 Å². The fourth-order valence-corrected chi connectivity index (χ4v) is 2.62. The van der Waals surface area contributed by atoms with Crippen LogP contribution in [0.5, 0.6) is 5.75 Å². The van der Waals surface area contributed by atoms with Gasteiger partial charge in [-0.1, -0.05) is 12.1 Å². The summed E-state index contributed by atoms with van der Waals surface area (Å²) in [7, 11) is 2.05. The highest BCUT2D eigenvalue weighted by molar-refractivity contribution is 6.02. The minimum atomic E-state index is -0.170. The standard InChI is InChI=1S/C15H19N3O3/c1-16-6-8-17(9-7-16)14(19)10-18-12-4-2-3-5-13(12)21-11-15(18)20/h2-5H,6-11H2,1H3. The first-order valence-corrected chi connectivity index (χ1v) is 7.13. The molecule has 0 aliphatic carbocycles. The van der Waals surface area contributed by atoms with Crippen LogP contribution < -0.4 is 9.64 Å². The number of rotatable bonds is 2. The van der Waals surface area contributed by atoms with E-state index in [2.05, 4.69) is 4.90 Å². The monoisotopic (exact) mass is 289 g/mol. The van der Waals surface area contributed by atoms with Gasteiger partial charge in [0.2, 0.25) is 5.91 Å². The van der Waals surface area contributed by atoms with Gasteiger partial charge in [0.05, 0.1) is 5.69 Å². The first-order chi connectivity index (χ1) is 10.1. The fraction of sp³-hybridized carbons (Fsp3) is 0.467. The van der Waals surface area contributed by atoms with Crippen molar-refractivity contribution in [2.24, 2.45) is 0 Å². The largest absolute Gasteiger partial charge is 0.482 e. The summed E-state index contributed by atoms with van der Waals surface area (Å²) in [6.07, 6.45) is 0. The highest BCUT2D eigenvalue weighted by atomic mass is 16.5. The van der Waals surface area contributed by atoms with Crippen molar-refractivity contribution in [1.29, 1.82) is 0 Å². The van der Waals surface area contributed by atoms with Crippen molar-refractivity contribution in [3.8, 4) is 5.75 Å². The molecule has 0 bridgehead atoms. The molecule has 0 atom stereocenters. The molecule has 0 aromatic heterocycles. The van der Waals surface area contributed by atoms with Crippen molar-refractivity contribution in [3.05, 3.63) is 24.3 Å². The Morgan fingerprint density at radius 2 is 1.90 bits per heavy atom. The van der Waals surface area contributed by atoms with E-state index in [1.165, 1.54) is 4.90 Å². The number of benzene rings is 1. The summed E-state index contributed by atoms with van der Waals surface area (Å²) in [6.45, 7) is 3.26. The summed E-state index contributed by atoms with van der Waals surface area (Å²) in [4.78, 5) is 30.0. The second-order valence-electron chi connectivity index (χ2n) is 5.42. The van der Waals surface area contributed by atoms with Crippen molar-refractivity contribution in [2.45, 2.75) is 0 Å². The molecule has 3 rings (SSSR count). The highest BCUT2D eigenvalue weighted by Gasteiger charge is 2.29. The minimum absolute atomic E-state index is 0.00634. The lowest BCUT2D eigenvalue weighted by Gasteiger charge is -2.35. The Labute approximate surface area is 123 Å². The third-order valence-electron chi connectivity index (χ3n) is 3.96. The zero-order valence-corrected chi connectivity index (χ0v) is 12.1. The Balaban J connectivity index is 1.72. The van der Waals surface area contributed by atoms with Crippen molar-refractivity contribution in [1.82, 2.24) is 9.80 Å². The quantitative estimate of drug-likeness (QED) is 0.780. The molecule has 1 aromatic carbocycles. The first-order valence-electron chi connectivity index (χ1n) is 7.13. The van der Waals surface area contributed by atoms with Gasteiger partial charge in [0, 0.05) is 26.2 Å². The number of para-hydroxylation sites is 2. The van der Waals surface area contributed by atoms with Crippen molar-refractivity contribution in [2.75, 3.05) is 51.3 Å². The molecule has 6 nitrogen and oxygen atoms in total. The topological polar surface area (TPSA) is 53.1 Å². The number of hydrogen-bond acceptors (Lipinski definition) is 4. The van der Waals surface area contributed by atoms with Gasteiger partial charge >= 0.3 is 0 Å². The van der Waals surface area contributed by atoms with Crippen LogP contribution in [0.15, 0.2) is 24.3 Å². The van der Waals surface area contributed by atoms with E-state index in [4.69, 9.17) is 4.74 Å². The van der Waals surface area contributed by atoms with Crippen LogP contribution in [0.3, 0.4) is 0 Å². The summed E-state index contributed by atoms with van der Waals surface area (Å²) in [5, 5.41) is 0. The lowest BCUT2D eigenvalue weighted by molar-refractivity contribution is -0.133. The Hall–Kier alpha value is -2.08. The van der Waals surface area contributed by atoms with Crippen LogP contribution in [0.2, 0.25) is 0 Å². The molecule has 21 heavy (non-hydrogen) atoms.